The van der Waals surface area contributed by atoms with Gasteiger partial charge in [-0.2, -0.15) is 0 Å². The van der Waals surface area contributed by atoms with Crippen molar-refractivity contribution in [1.29, 1.82) is 0 Å². The summed E-state index contributed by atoms with van der Waals surface area (Å²) in [6, 6.07) is 15.5. The number of nitrogens with one attached hydrogen (secondary N) is 1. The number of likely N-dealkylation sites (tertiary alicyclic amines) is 1. The lowest BCUT2D eigenvalue weighted by Crippen LogP contribution is -2.46. The van der Waals surface area contributed by atoms with E-state index in [1.165, 1.54) is 9.60 Å². The highest BCUT2D eigenvalue weighted by atomic mass is 32.1. The van der Waals surface area contributed by atoms with Crippen LogP contribution in [-0.2, 0) is 11.2 Å². The molecule has 0 saturated carbocycles. The number of aromatic nitrogens is 1. The Kier molecular flexibility index (Phi) is 5.25. The Bertz CT molecular complexity index is 966. The molecule has 1 aliphatic rings. The van der Waals surface area contributed by atoms with Gasteiger partial charge in [0, 0.05) is 25.2 Å². The number of amides is 3. The highest BCUT2D eigenvalue weighted by Crippen LogP contribution is 2.24. The van der Waals surface area contributed by atoms with E-state index in [4.69, 9.17) is 5.73 Å². The van der Waals surface area contributed by atoms with Gasteiger partial charge in [0.05, 0.1) is 21.1 Å². The van der Waals surface area contributed by atoms with Crippen molar-refractivity contribution in [2.24, 2.45) is 11.7 Å². The maximum atomic E-state index is 12.5. The first-order chi connectivity index (χ1) is 13.6. The van der Waals surface area contributed by atoms with Crippen LogP contribution < -0.4 is 11.1 Å². The van der Waals surface area contributed by atoms with Gasteiger partial charge in [-0.1, -0.05) is 24.3 Å². The topological polar surface area (TPSA) is 88.3 Å². The molecule has 3 N–H and O–H groups in total. The van der Waals surface area contributed by atoms with Gasteiger partial charge < -0.3 is 16.0 Å². The van der Waals surface area contributed by atoms with Crippen LogP contribution >= 0.6 is 11.3 Å². The molecule has 4 rings (SSSR count). The predicted molar refractivity (Wildman–Crippen MR) is 111 cm³/mol. The third kappa shape index (κ3) is 4.14. The van der Waals surface area contributed by atoms with Gasteiger partial charge in [-0.05, 0) is 42.7 Å². The number of urea groups is 1. The summed E-state index contributed by atoms with van der Waals surface area (Å²) in [5.41, 5.74) is 8.28. The van der Waals surface area contributed by atoms with Crippen LogP contribution in [0.25, 0.3) is 10.2 Å². The maximum absolute atomic E-state index is 12.5. The van der Waals surface area contributed by atoms with Gasteiger partial charge in [-0.3, -0.25) is 4.79 Å². The summed E-state index contributed by atoms with van der Waals surface area (Å²) in [4.78, 5) is 30.1. The molecule has 1 aliphatic heterocycles. The summed E-state index contributed by atoms with van der Waals surface area (Å²) in [6.07, 6.45) is 2.33. The van der Waals surface area contributed by atoms with E-state index in [9.17, 15) is 9.59 Å². The van der Waals surface area contributed by atoms with Gasteiger partial charge in [0.25, 0.3) is 0 Å². The van der Waals surface area contributed by atoms with Crippen molar-refractivity contribution < 1.29 is 9.59 Å². The first-order valence-electron chi connectivity index (χ1n) is 9.37. The van der Waals surface area contributed by atoms with Gasteiger partial charge in [0.2, 0.25) is 5.91 Å². The summed E-state index contributed by atoms with van der Waals surface area (Å²) in [7, 11) is 0. The standard InChI is InChI=1S/C21H22N4O2S/c22-21(27)25-11-3-4-15(13-25)20(26)23-16-9-7-14(8-10-16)12-19-24-17-5-1-2-6-18(17)28-19/h1-2,5-10,15H,3-4,11-13H2,(H2,22,27)(H,23,26)/t15-/m1/s1. The second-order valence-electron chi connectivity index (χ2n) is 7.06. The van der Waals surface area contributed by atoms with Gasteiger partial charge in [0.15, 0.2) is 0 Å². The van der Waals surface area contributed by atoms with E-state index in [1.54, 1.807) is 11.3 Å². The van der Waals surface area contributed by atoms with Crippen LogP contribution in [0.1, 0.15) is 23.4 Å². The van der Waals surface area contributed by atoms with Crippen molar-refractivity contribution in [3.8, 4) is 0 Å². The number of primary amides is 1. The maximum Gasteiger partial charge on any atom is 0.314 e. The van der Waals surface area contributed by atoms with Gasteiger partial charge in [0.1, 0.15) is 0 Å². The minimum atomic E-state index is -0.461. The molecule has 6 nitrogen and oxygen atoms in total. The average molecular weight is 395 g/mol. The molecule has 0 spiro atoms. The van der Waals surface area contributed by atoms with Crippen LogP contribution in [0.3, 0.4) is 0 Å². The van der Waals surface area contributed by atoms with E-state index in [-0.39, 0.29) is 11.8 Å². The third-order valence-corrected chi connectivity index (χ3v) is 6.06. The number of nitrogens with two attached hydrogens (primary N) is 1. The fourth-order valence-corrected chi connectivity index (χ4v) is 4.51. The Hall–Kier alpha value is -2.93. The molecular formula is C21H22N4O2S. The molecule has 1 saturated heterocycles. The number of carbonyl (C=O) groups excluding carboxylic acids is 2. The van der Waals surface area contributed by atoms with E-state index in [0.717, 1.165) is 41.0 Å². The van der Waals surface area contributed by atoms with E-state index >= 15 is 0 Å². The average Bonchev–Trinajstić information content (AvgIpc) is 3.12. The van der Waals surface area contributed by atoms with E-state index in [1.807, 2.05) is 42.5 Å². The lowest BCUT2D eigenvalue weighted by molar-refractivity contribution is -0.121. The number of anilines is 1. The number of fused-ring (bicyclic) bond motifs is 1. The Labute approximate surface area is 167 Å². The van der Waals surface area contributed by atoms with Crippen molar-refractivity contribution in [1.82, 2.24) is 9.88 Å². The minimum absolute atomic E-state index is 0.0649. The number of nitrogens with zero attached hydrogens (tertiary/aromatic N) is 2. The zero-order valence-corrected chi connectivity index (χ0v) is 16.2. The van der Waals surface area contributed by atoms with E-state index in [0.29, 0.717) is 13.1 Å². The molecule has 1 atom stereocenters. The highest BCUT2D eigenvalue weighted by Gasteiger charge is 2.27. The number of thiazole rings is 1. The van der Waals surface area contributed by atoms with Crippen molar-refractivity contribution in [3.05, 3.63) is 59.1 Å². The number of para-hydroxylation sites is 1. The number of piperidine rings is 1. The van der Waals surface area contributed by atoms with Crippen molar-refractivity contribution in [2.45, 2.75) is 19.3 Å². The van der Waals surface area contributed by atoms with Crippen LogP contribution in [0.5, 0.6) is 0 Å². The first kappa shape index (κ1) is 18.4. The van der Waals surface area contributed by atoms with Crippen molar-refractivity contribution >= 4 is 39.2 Å². The van der Waals surface area contributed by atoms with Gasteiger partial charge >= 0.3 is 6.03 Å². The lowest BCUT2D eigenvalue weighted by atomic mass is 9.97. The number of benzene rings is 2. The molecule has 28 heavy (non-hydrogen) atoms. The van der Waals surface area contributed by atoms with E-state index < -0.39 is 6.03 Å². The fourth-order valence-electron chi connectivity index (χ4n) is 3.51. The van der Waals surface area contributed by atoms with Gasteiger partial charge in [-0.15, -0.1) is 11.3 Å². The molecule has 2 aromatic carbocycles. The second kappa shape index (κ2) is 7.98. The Morgan fingerprint density at radius 1 is 1.18 bits per heavy atom. The second-order valence-corrected chi connectivity index (χ2v) is 8.18. The highest BCUT2D eigenvalue weighted by molar-refractivity contribution is 7.18. The number of hydrogen-bond acceptors (Lipinski definition) is 4. The molecule has 3 amide bonds. The molecule has 0 bridgehead atoms. The quantitative estimate of drug-likeness (QED) is 0.708. The van der Waals surface area contributed by atoms with Crippen LogP contribution in [0.2, 0.25) is 0 Å². The van der Waals surface area contributed by atoms with Crippen LogP contribution in [-0.4, -0.2) is 34.9 Å². The number of carbonyl (C=O) groups is 2. The zero-order valence-electron chi connectivity index (χ0n) is 15.4. The molecule has 0 radical (unpaired) electrons. The monoisotopic (exact) mass is 394 g/mol. The third-order valence-electron chi connectivity index (χ3n) is 5.02. The molecule has 1 aromatic heterocycles. The minimum Gasteiger partial charge on any atom is -0.351 e. The molecule has 144 valence electrons. The molecule has 1 fully saturated rings. The Morgan fingerprint density at radius 3 is 2.71 bits per heavy atom. The Balaban J connectivity index is 1.37. The summed E-state index contributed by atoms with van der Waals surface area (Å²) in [5.74, 6) is -0.284. The summed E-state index contributed by atoms with van der Waals surface area (Å²) in [5, 5.41) is 4.03. The number of hydrogen-bond donors (Lipinski definition) is 2. The molecule has 2 heterocycles. The van der Waals surface area contributed by atoms with Crippen molar-refractivity contribution in [2.75, 3.05) is 18.4 Å². The smallest absolute Gasteiger partial charge is 0.314 e. The normalized spacial score (nSPS) is 16.9. The molecule has 3 aromatic rings. The van der Waals surface area contributed by atoms with E-state index in [2.05, 4.69) is 16.4 Å². The summed E-state index contributed by atoms with van der Waals surface area (Å²) in [6.45, 7) is 1.01. The number of rotatable bonds is 4. The zero-order chi connectivity index (χ0) is 19.5. The van der Waals surface area contributed by atoms with Gasteiger partial charge in [-0.25, -0.2) is 9.78 Å². The van der Waals surface area contributed by atoms with Crippen LogP contribution in [0, 0.1) is 5.92 Å². The molecule has 0 unspecified atom stereocenters. The lowest BCUT2D eigenvalue weighted by Gasteiger charge is -2.30. The predicted octanol–water partition coefficient (Wildman–Crippen LogP) is 3.62. The van der Waals surface area contributed by atoms with Crippen molar-refractivity contribution in [3.63, 3.8) is 0 Å². The largest absolute Gasteiger partial charge is 0.351 e. The Morgan fingerprint density at radius 2 is 1.96 bits per heavy atom. The fraction of sp³-hybridized carbons (Fsp3) is 0.286. The molecule has 7 heteroatoms. The summed E-state index contributed by atoms with van der Waals surface area (Å²) >= 11 is 1.70. The molecule has 0 aliphatic carbocycles. The molecular weight excluding hydrogens is 372 g/mol. The van der Waals surface area contributed by atoms with Crippen LogP contribution in [0.4, 0.5) is 10.5 Å². The SMILES string of the molecule is NC(=O)N1CCC[C@@H](C(=O)Nc2ccc(Cc3nc4ccccc4s3)cc2)C1. The summed E-state index contributed by atoms with van der Waals surface area (Å²) < 4.78 is 1.19. The van der Waals surface area contributed by atoms with Crippen LogP contribution in [0.15, 0.2) is 48.5 Å². The first-order valence-corrected chi connectivity index (χ1v) is 10.2.